The average molecular weight is 285 g/mol. The van der Waals surface area contributed by atoms with Crippen LogP contribution in [0.25, 0.3) is 0 Å². The van der Waals surface area contributed by atoms with Crippen LogP contribution in [0.4, 0.5) is 5.69 Å². The molecule has 0 spiro atoms. The van der Waals surface area contributed by atoms with Crippen molar-refractivity contribution < 1.29 is 19.1 Å². The van der Waals surface area contributed by atoms with Gasteiger partial charge < -0.3 is 14.4 Å². The van der Waals surface area contributed by atoms with E-state index in [-0.39, 0.29) is 11.5 Å². The fourth-order valence-corrected chi connectivity index (χ4v) is 2.60. The highest BCUT2D eigenvalue weighted by molar-refractivity contribution is 6.01. The van der Waals surface area contributed by atoms with Crippen molar-refractivity contribution in [3.05, 3.63) is 53.5 Å². The predicted octanol–water partition coefficient (Wildman–Crippen LogP) is 2.96. The fraction of sp³-hybridized carbons (Fsp3) is 0.250. The lowest BCUT2D eigenvalue weighted by Gasteiger charge is -2.23. The Labute approximate surface area is 121 Å². The van der Waals surface area contributed by atoms with Crippen LogP contribution in [0.3, 0.4) is 0 Å². The molecule has 0 radical (unpaired) electrons. The van der Waals surface area contributed by atoms with Crippen molar-refractivity contribution in [2.45, 2.75) is 19.4 Å². The molecule has 0 amide bonds. The summed E-state index contributed by atoms with van der Waals surface area (Å²) >= 11 is 0. The molecule has 0 unspecified atom stereocenters. The number of carboxylic acids is 1. The molecule has 2 heterocycles. The van der Waals surface area contributed by atoms with Crippen molar-refractivity contribution >= 4 is 17.4 Å². The highest BCUT2D eigenvalue weighted by Gasteiger charge is 2.21. The number of fused-ring (bicyclic) bond motifs is 1. The predicted molar refractivity (Wildman–Crippen MR) is 76.7 cm³/mol. The zero-order valence-corrected chi connectivity index (χ0v) is 11.4. The van der Waals surface area contributed by atoms with Gasteiger partial charge in [0.1, 0.15) is 5.76 Å². The molecule has 1 aromatic heterocycles. The minimum Gasteiger partial charge on any atom is -0.475 e. The number of rotatable bonds is 3. The standard InChI is InChI=1S/C16H15NO4/c18-14-6-3-9-17(13-5-2-1-4-12(13)14)10-11-7-8-15(21-11)16(19)20/h1-2,4-5,7-8H,3,6,9-10H2,(H,19,20). The number of Topliss-reactive ketones (excluding diaryl/α,β-unsaturated/α-hetero) is 1. The molecule has 0 bridgehead atoms. The summed E-state index contributed by atoms with van der Waals surface area (Å²) in [5.41, 5.74) is 1.60. The van der Waals surface area contributed by atoms with Crippen molar-refractivity contribution in [2.24, 2.45) is 0 Å². The number of carboxylic acid groups (broad SMARTS) is 1. The monoisotopic (exact) mass is 285 g/mol. The van der Waals surface area contributed by atoms with E-state index < -0.39 is 5.97 Å². The van der Waals surface area contributed by atoms with E-state index >= 15 is 0 Å². The molecule has 0 saturated carbocycles. The number of hydrogen-bond acceptors (Lipinski definition) is 4. The summed E-state index contributed by atoms with van der Waals surface area (Å²) < 4.78 is 5.30. The summed E-state index contributed by atoms with van der Waals surface area (Å²) in [6.45, 7) is 1.20. The van der Waals surface area contributed by atoms with E-state index in [4.69, 9.17) is 9.52 Å². The maximum atomic E-state index is 12.1. The number of ketones is 1. The topological polar surface area (TPSA) is 70.8 Å². The van der Waals surface area contributed by atoms with Gasteiger partial charge in [0, 0.05) is 24.2 Å². The van der Waals surface area contributed by atoms with E-state index in [0.717, 1.165) is 24.2 Å². The number of carbonyl (C=O) groups excluding carboxylic acids is 1. The molecule has 0 atom stereocenters. The Morgan fingerprint density at radius 1 is 1.24 bits per heavy atom. The quantitative estimate of drug-likeness (QED) is 0.938. The lowest BCUT2D eigenvalue weighted by atomic mass is 10.1. The van der Waals surface area contributed by atoms with Gasteiger partial charge in [0.25, 0.3) is 0 Å². The van der Waals surface area contributed by atoms with Crippen molar-refractivity contribution in [2.75, 3.05) is 11.4 Å². The molecule has 0 fully saturated rings. The Kier molecular flexibility index (Phi) is 3.48. The highest BCUT2D eigenvalue weighted by atomic mass is 16.4. The zero-order valence-electron chi connectivity index (χ0n) is 11.4. The molecule has 1 aromatic carbocycles. The van der Waals surface area contributed by atoms with Crippen LogP contribution in [0.15, 0.2) is 40.8 Å². The second kappa shape index (κ2) is 5.44. The van der Waals surface area contributed by atoms with Crippen LogP contribution in [-0.2, 0) is 6.54 Å². The van der Waals surface area contributed by atoms with Gasteiger partial charge in [0.2, 0.25) is 5.76 Å². The highest BCUT2D eigenvalue weighted by Crippen LogP contribution is 2.27. The molecule has 21 heavy (non-hydrogen) atoms. The first-order chi connectivity index (χ1) is 10.1. The van der Waals surface area contributed by atoms with Crippen LogP contribution in [0.5, 0.6) is 0 Å². The fourth-order valence-electron chi connectivity index (χ4n) is 2.60. The molecule has 1 aliphatic rings. The third-order valence-electron chi connectivity index (χ3n) is 3.60. The molecule has 0 aliphatic carbocycles. The maximum absolute atomic E-state index is 12.1. The number of furan rings is 1. The molecule has 5 nitrogen and oxygen atoms in total. The SMILES string of the molecule is O=C(O)c1ccc(CN2CCCC(=O)c3ccccc32)o1. The summed E-state index contributed by atoms with van der Waals surface area (Å²) in [4.78, 5) is 25.0. The number of anilines is 1. The van der Waals surface area contributed by atoms with Crippen LogP contribution in [0, 0.1) is 0 Å². The lowest BCUT2D eigenvalue weighted by molar-refractivity contribution is 0.0660. The first-order valence-electron chi connectivity index (χ1n) is 6.84. The summed E-state index contributed by atoms with van der Waals surface area (Å²) in [5.74, 6) is -0.410. The van der Waals surface area contributed by atoms with Gasteiger partial charge in [-0.3, -0.25) is 4.79 Å². The van der Waals surface area contributed by atoms with E-state index in [1.807, 2.05) is 24.3 Å². The average Bonchev–Trinajstić information content (AvgIpc) is 2.89. The third-order valence-corrected chi connectivity index (χ3v) is 3.60. The number of hydrogen-bond donors (Lipinski definition) is 1. The molecule has 1 N–H and O–H groups in total. The number of para-hydroxylation sites is 1. The minimum atomic E-state index is -1.08. The van der Waals surface area contributed by atoms with Gasteiger partial charge >= 0.3 is 5.97 Å². The molecular formula is C16H15NO4. The molecular weight excluding hydrogens is 270 g/mol. The summed E-state index contributed by atoms with van der Waals surface area (Å²) in [6.07, 6.45) is 1.31. The number of aromatic carboxylic acids is 1. The first kappa shape index (κ1) is 13.4. The van der Waals surface area contributed by atoms with Crippen LogP contribution < -0.4 is 4.90 Å². The van der Waals surface area contributed by atoms with Gasteiger partial charge in [-0.25, -0.2) is 4.79 Å². The van der Waals surface area contributed by atoms with Gasteiger partial charge in [-0.15, -0.1) is 0 Å². The van der Waals surface area contributed by atoms with Gasteiger partial charge in [-0.05, 0) is 30.7 Å². The molecule has 108 valence electrons. The molecule has 1 aliphatic heterocycles. The third kappa shape index (κ3) is 2.67. The van der Waals surface area contributed by atoms with Crippen molar-refractivity contribution in [3.63, 3.8) is 0 Å². The number of benzene rings is 1. The van der Waals surface area contributed by atoms with Gasteiger partial charge in [0.05, 0.1) is 6.54 Å². The van der Waals surface area contributed by atoms with E-state index in [1.54, 1.807) is 6.07 Å². The molecule has 5 heteroatoms. The molecule has 3 rings (SSSR count). The Hall–Kier alpha value is -2.56. The zero-order chi connectivity index (χ0) is 14.8. The summed E-state index contributed by atoms with van der Waals surface area (Å²) in [5, 5.41) is 8.89. The second-order valence-electron chi connectivity index (χ2n) is 5.04. The molecule has 0 saturated heterocycles. The van der Waals surface area contributed by atoms with E-state index in [9.17, 15) is 9.59 Å². The van der Waals surface area contributed by atoms with Crippen LogP contribution >= 0.6 is 0 Å². The minimum absolute atomic E-state index is 0.0656. The number of carbonyl (C=O) groups is 2. The van der Waals surface area contributed by atoms with Crippen LogP contribution in [-0.4, -0.2) is 23.4 Å². The van der Waals surface area contributed by atoms with Crippen LogP contribution in [0.1, 0.15) is 39.5 Å². The Balaban J connectivity index is 1.89. The van der Waals surface area contributed by atoms with E-state index in [2.05, 4.69) is 4.90 Å². The largest absolute Gasteiger partial charge is 0.475 e. The smallest absolute Gasteiger partial charge is 0.371 e. The van der Waals surface area contributed by atoms with Gasteiger partial charge in [-0.1, -0.05) is 12.1 Å². The van der Waals surface area contributed by atoms with Gasteiger partial charge in [-0.2, -0.15) is 0 Å². The van der Waals surface area contributed by atoms with Crippen molar-refractivity contribution in [3.8, 4) is 0 Å². The molecule has 2 aromatic rings. The van der Waals surface area contributed by atoms with Crippen LogP contribution in [0.2, 0.25) is 0 Å². The van der Waals surface area contributed by atoms with Crippen molar-refractivity contribution in [1.29, 1.82) is 0 Å². The summed E-state index contributed by atoms with van der Waals surface area (Å²) in [6, 6.07) is 10.6. The Morgan fingerprint density at radius 3 is 2.81 bits per heavy atom. The normalized spacial score (nSPS) is 14.7. The van der Waals surface area contributed by atoms with E-state index in [0.29, 0.717) is 18.7 Å². The Bertz CT molecular complexity index is 689. The second-order valence-corrected chi connectivity index (χ2v) is 5.04. The lowest BCUT2D eigenvalue weighted by Crippen LogP contribution is -2.23. The van der Waals surface area contributed by atoms with Gasteiger partial charge in [0.15, 0.2) is 5.78 Å². The Morgan fingerprint density at radius 2 is 2.05 bits per heavy atom. The summed E-state index contributed by atoms with van der Waals surface area (Å²) in [7, 11) is 0. The van der Waals surface area contributed by atoms with E-state index in [1.165, 1.54) is 6.07 Å². The van der Waals surface area contributed by atoms with Crippen molar-refractivity contribution in [1.82, 2.24) is 0 Å². The number of nitrogens with zero attached hydrogens (tertiary/aromatic N) is 1. The first-order valence-corrected chi connectivity index (χ1v) is 6.84. The maximum Gasteiger partial charge on any atom is 0.371 e.